The quantitative estimate of drug-likeness (QED) is 0.808. The lowest BCUT2D eigenvalue weighted by Crippen LogP contribution is -2.51. The van der Waals surface area contributed by atoms with Gasteiger partial charge in [-0.3, -0.25) is 4.79 Å². The third kappa shape index (κ3) is 2.34. The molecule has 5 rings (SSSR count). The molecule has 4 aliphatic rings. The molecule has 112 valence electrons. The van der Waals surface area contributed by atoms with Crippen molar-refractivity contribution < 1.29 is 4.79 Å². The van der Waals surface area contributed by atoms with Crippen LogP contribution in [-0.4, -0.2) is 5.91 Å². The first kappa shape index (κ1) is 13.8. The number of hydrogen-bond acceptors (Lipinski definition) is 1. The first-order chi connectivity index (χ1) is 10.0. The van der Waals surface area contributed by atoms with Gasteiger partial charge in [-0.15, -0.1) is 0 Å². The van der Waals surface area contributed by atoms with E-state index in [1.807, 2.05) is 12.1 Å². The molecule has 4 fully saturated rings. The molecule has 0 heterocycles. The Kier molecular flexibility index (Phi) is 3.18. The molecular formula is C18H22BrNO. The van der Waals surface area contributed by atoms with E-state index in [9.17, 15) is 4.79 Å². The normalized spacial score (nSPS) is 36.8. The van der Waals surface area contributed by atoms with E-state index < -0.39 is 0 Å². The fraction of sp³-hybridized carbons (Fsp3) is 0.611. The number of carbonyl (C=O) groups excluding carboxylic acids is 1. The summed E-state index contributed by atoms with van der Waals surface area (Å²) in [7, 11) is 0. The van der Waals surface area contributed by atoms with Crippen molar-refractivity contribution in [3.8, 4) is 0 Å². The third-order valence-electron chi connectivity index (χ3n) is 5.97. The van der Waals surface area contributed by atoms with Crippen molar-refractivity contribution in [3.63, 3.8) is 0 Å². The van der Waals surface area contributed by atoms with E-state index in [-0.39, 0.29) is 11.3 Å². The molecule has 3 heteroatoms. The minimum absolute atomic E-state index is 0.0660. The zero-order chi connectivity index (χ0) is 14.6. The van der Waals surface area contributed by atoms with E-state index in [1.54, 1.807) is 0 Å². The highest BCUT2D eigenvalue weighted by atomic mass is 79.9. The fourth-order valence-electron chi connectivity index (χ4n) is 5.37. The summed E-state index contributed by atoms with van der Waals surface area (Å²) in [5, 5.41) is 3.24. The Bertz CT molecular complexity index is 560. The maximum atomic E-state index is 13.0. The highest BCUT2D eigenvalue weighted by Gasteiger charge is 2.54. The summed E-state index contributed by atoms with van der Waals surface area (Å²) in [5.74, 6) is 2.71. The summed E-state index contributed by atoms with van der Waals surface area (Å²) < 4.78 is 1.02. The van der Waals surface area contributed by atoms with Gasteiger partial charge in [0.25, 0.3) is 0 Å². The largest absolute Gasteiger partial charge is 0.325 e. The van der Waals surface area contributed by atoms with E-state index in [0.29, 0.717) is 0 Å². The third-order valence-corrected chi connectivity index (χ3v) is 6.46. The summed E-state index contributed by atoms with van der Waals surface area (Å²) in [6.07, 6.45) is 7.50. The average molecular weight is 348 g/mol. The van der Waals surface area contributed by atoms with Gasteiger partial charge in [0.2, 0.25) is 5.91 Å². The van der Waals surface area contributed by atoms with Gasteiger partial charge in [0, 0.05) is 10.2 Å². The lowest BCUT2D eigenvalue weighted by atomic mass is 9.49. The molecular weight excluding hydrogens is 326 g/mol. The second-order valence-corrected chi connectivity index (χ2v) is 8.53. The number of carbonyl (C=O) groups is 1. The molecule has 0 atom stereocenters. The number of hydrogen-bond donors (Lipinski definition) is 1. The van der Waals surface area contributed by atoms with Gasteiger partial charge in [-0.2, -0.15) is 0 Å². The summed E-state index contributed by atoms with van der Waals surface area (Å²) in [6, 6.07) is 6.10. The molecule has 0 aromatic heterocycles. The molecule has 0 saturated heterocycles. The molecule has 4 aliphatic carbocycles. The van der Waals surface area contributed by atoms with Crippen LogP contribution in [0.5, 0.6) is 0 Å². The molecule has 1 N–H and O–H groups in total. The van der Waals surface area contributed by atoms with E-state index >= 15 is 0 Å². The van der Waals surface area contributed by atoms with Crippen molar-refractivity contribution in [3.05, 3.63) is 28.2 Å². The van der Waals surface area contributed by atoms with Crippen LogP contribution in [0.25, 0.3) is 0 Å². The van der Waals surface area contributed by atoms with Gasteiger partial charge >= 0.3 is 0 Å². The molecule has 1 aromatic rings. The highest BCUT2D eigenvalue weighted by Crippen LogP contribution is 2.60. The molecule has 1 aromatic carbocycles. The van der Waals surface area contributed by atoms with Crippen LogP contribution in [0.3, 0.4) is 0 Å². The van der Waals surface area contributed by atoms with Gasteiger partial charge in [0.05, 0.1) is 5.41 Å². The van der Waals surface area contributed by atoms with Gasteiger partial charge < -0.3 is 5.32 Å². The zero-order valence-corrected chi connectivity index (χ0v) is 14.1. The Morgan fingerprint density at radius 3 is 2.29 bits per heavy atom. The van der Waals surface area contributed by atoms with Crippen molar-refractivity contribution in [1.82, 2.24) is 0 Å². The van der Waals surface area contributed by atoms with Crippen LogP contribution in [-0.2, 0) is 4.79 Å². The average Bonchev–Trinajstić information content (AvgIpc) is 2.41. The molecule has 0 unspecified atom stereocenters. The first-order valence-electron chi connectivity index (χ1n) is 8.12. The first-order valence-corrected chi connectivity index (χ1v) is 8.91. The number of nitrogens with one attached hydrogen (secondary N) is 1. The van der Waals surface area contributed by atoms with Crippen LogP contribution in [0.15, 0.2) is 22.7 Å². The topological polar surface area (TPSA) is 29.1 Å². The van der Waals surface area contributed by atoms with Crippen LogP contribution in [0.1, 0.15) is 44.1 Å². The van der Waals surface area contributed by atoms with Crippen molar-refractivity contribution in [2.24, 2.45) is 23.2 Å². The minimum Gasteiger partial charge on any atom is -0.325 e. The number of benzene rings is 1. The zero-order valence-electron chi connectivity index (χ0n) is 12.5. The molecule has 1 amide bonds. The van der Waals surface area contributed by atoms with Crippen LogP contribution in [0.2, 0.25) is 0 Å². The summed E-state index contributed by atoms with van der Waals surface area (Å²) in [6.45, 7) is 2.06. The van der Waals surface area contributed by atoms with E-state index in [4.69, 9.17) is 0 Å². The van der Waals surface area contributed by atoms with E-state index in [0.717, 1.165) is 52.7 Å². The second-order valence-electron chi connectivity index (χ2n) is 7.61. The second kappa shape index (κ2) is 4.84. The monoisotopic (exact) mass is 347 g/mol. The summed E-state index contributed by atoms with van der Waals surface area (Å²) in [5.41, 5.74) is 2.03. The Morgan fingerprint density at radius 2 is 1.71 bits per heavy atom. The van der Waals surface area contributed by atoms with Crippen LogP contribution in [0, 0.1) is 30.1 Å². The smallest absolute Gasteiger partial charge is 0.230 e. The maximum Gasteiger partial charge on any atom is 0.230 e. The molecule has 0 aliphatic heterocycles. The SMILES string of the molecule is Cc1ccc(Br)cc1NC(=O)C12CC3CC(CC(C3)C1)C2. The van der Waals surface area contributed by atoms with Crippen LogP contribution in [0.4, 0.5) is 5.69 Å². The lowest BCUT2D eigenvalue weighted by molar-refractivity contribution is -0.140. The van der Waals surface area contributed by atoms with Crippen molar-refractivity contribution >= 4 is 27.5 Å². The number of amides is 1. The van der Waals surface area contributed by atoms with E-state index in [2.05, 4.69) is 34.2 Å². The van der Waals surface area contributed by atoms with Crippen molar-refractivity contribution in [1.29, 1.82) is 0 Å². The molecule has 2 nitrogen and oxygen atoms in total. The Balaban J connectivity index is 1.59. The maximum absolute atomic E-state index is 13.0. The highest BCUT2D eigenvalue weighted by molar-refractivity contribution is 9.10. The Morgan fingerprint density at radius 1 is 1.14 bits per heavy atom. The Hall–Kier alpha value is -0.830. The van der Waals surface area contributed by atoms with Crippen LogP contribution >= 0.6 is 15.9 Å². The standard InChI is InChI=1S/C18H22BrNO/c1-11-2-3-15(19)7-16(11)20-17(21)18-8-12-4-13(9-18)6-14(5-12)10-18/h2-3,7,12-14H,4-6,8-10H2,1H3,(H,20,21). The molecule has 4 saturated carbocycles. The number of aryl methyl sites for hydroxylation is 1. The minimum atomic E-state index is -0.0660. The number of halogens is 1. The van der Waals surface area contributed by atoms with Gasteiger partial charge in [-0.1, -0.05) is 22.0 Å². The van der Waals surface area contributed by atoms with Gasteiger partial charge in [0.15, 0.2) is 0 Å². The van der Waals surface area contributed by atoms with Crippen molar-refractivity contribution in [2.45, 2.75) is 45.4 Å². The number of anilines is 1. The van der Waals surface area contributed by atoms with E-state index in [1.165, 1.54) is 19.3 Å². The molecule has 4 bridgehead atoms. The predicted molar refractivity (Wildman–Crippen MR) is 88.1 cm³/mol. The van der Waals surface area contributed by atoms with Crippen molar-refractivity contribution in [2.75, 3.05) is 5.32 Å². The molecule has 0 spiro atoms. The van der Waals surface area contributed by atoms with Gasteiger partial charge in [0.1, 0.15) is 0 Å². The summed E-state index contributed by atoms with van der Waals surface area (Å²) in [4.78, 5) is 13.0. The van der Waals surface area contributed by atoms with Gasteiger partial charge in [-0.05, 0) is 80.9 Å². The molecule has 21 heavy (non-hydrogen) atoms. The predicted octanol–water partition coefficient (Wildman–Crippen LogP) is 4.91. The molecule has 0 radical (unpaired) electrons. The number of rotatable bonds is 2. The summed E-state index contributed by atoms with van der Waals surface area (Å²) >= 11 is 3.50. The Labute approximate surface area is 134 Å². The van der Waals surface area contributed by atoms with Gasteiger partial charge in [-0.25, -0.2) is 0 Å². The lowest BCUT2D eigenvalue weighted by Gasteiger charge is -2.55. The van der Waals surface area contributed by atoms with Crippen LogP contribution < -0.4 is 5.32 Å². The fourth-order valence-corrected chi connectivity index (χ4v) is 5.73.